The van der Waals surface area contributed by atoms with Crippen LogP contribution in [0.25, 0.3) is 0 Å². The van der Waals surface area contributed by atoms with Crippen LogP contribution in [0.15, 0.2) is 30.3 Å². The summed E-state index contributed by atoms with van der Waals surface area (Å²) < 4.78 is 0. The van der Waals surface area contributed by atoms with Gasteiger partial charge in [0.2, 0.25) is 11.8 Å². The second-order valence-corrected chi connectivity index (χ2v) is 5.88. The number of aliphatic carboxylic acids is 1. The SMILES string of the molecule is CC(=O)N(CC[C@H](N)C(=O)N(C)C)[C@@H](Cc1ccccc1)C(=O)O. The Labute approximate surface area is 142 Å². The standard InChI is InChI=1S/C17H25N3O4/c1-12(21)20(10-9-14(18)16(22)19(2)3)15(17(23)24)11-13-7-5-4-6-8-13/h4-8,14-15H,9-11,18H2,1-3H3,(H,23,24)/t14-,15-/m0/s1. The van der Waals surface area contributed by atoms with Crippen molar-refractivity contribution in [1.29, 1.82) is 0 Å². The molecule has 0 radical (unpaired) electrons. The molecule has 7 nitrogen and oxygen atoms in total. The minimum Gasteiger partial charge on any atom is -0.480 e. The molecule has 2 atom stereocenters. The molecule has 0 aliphatic heterocycles. The number of nitrogens with zero attached hydrogens (tertiary/aromatic N) is 2. The highest BCUT2D eigenvalue weighted by molar-refractivity contribution is 5.83. The van der Waals surface area contributed by atoms with E-state index in [2.05, 4.69) is 0 Å². The number of nitrogens with two attached hydrogens (primary N) is 1. The van der Waals surface area contributed by atoms with Gasteiger partial charge in [-0.25, -0.2) is 4.79 Å². The highest BCUT2D eigenvalue weighted by Gasteiger charge is 2.29. The molecule has 0 bridgehead atoms. The molecule has 1 rings (SSSR count). The Morgan fingerprint density at radius 2 is 1.75 bits per heavy atom. The third-order valence-corrected chi connectivity index (χ3v) is 3.78. The Morgan fingerprint density at radius 3 is 2.21 bits per heavy atom. The number of amides is 2. The first-order chi connectivity index (χ1) is 11.2. The lowest BCUT2D eigenvalue weighted by Gasteiger charge is -2.29. The van der Waals surface area contributed by atoms with Crippen LogP contribution in [0.1, 0.15) is 18.9 Å². The fourth-order valence-corrected chi connectivity index (χ4v) is 2.43. The number of carboxylic acids is 1. The maximum atomic E-state index is 11.9. The van der Waals surface area contributed by atoms with E-state index in [0.29, 0.717) is 0 Å². The van der Waals surface area contributed by atoms with Crippen LogP contribution in [0, 0.1) is 0 Å². The van der Waals surface area contributed by atoms with Crippen LogP contribution in [0.4, 0.5) is 0 Å². The van der Waals surface area contributed by atoms with Crippen molar-refractivity contribution in [2.24, 2.45) is 5.73 Å². The van der Waals surface area contributed by atoms with E-state index in [0.717, 1.165) is 5.56 Å². The first kappa shape index (κ1) is 19.6. The van der Waals surface area contributed by atoms with Crippen molar-refractivity contribution in [3.63, 3.8) is 0 Å². The summed E-state index contributed by atoms with van der Waals surface area (Å²) in [4.78, 5) is 38.0. The molecule has 1 aromatic rings. The van der Waals surface area contributed by atoms with Crippen molar-refractivity contribution in [3.05, 3.63) is 35.9 Å². The maximum Gasteiger partial charge on any atom is 0.326 e. The molecule has 0 unspecified atom stereocenters. The molecular weight excluding hydrogens is 310 g/mol. The zero-order valence-corrected chi connectivity index (χ0v) is 14.3. The second kappa shape index (κ2) is 9.02. The van der Waals surface area contributed by atoms with E-state index in [1.54, 1.807) is 14.1 Å². The van der Waals surface area contributed by atoms with Crippen molar-refractivity contribution >= 4 is 17.8 Å². The zero-order chi connectivity index (χ0) is 18.3. The fraction of sp³-hybridized carbons (Fsp3) is 0.471. The number of carbonyl (C=O) groups is 3. The molecule has 2 amide bonds. The first-order valence-electron chi connectivity index (χ1n) is 7.74. The van der Waals surface area contributed by atoms with Gasteiger partial charge in [-0.3, -0.25) is 9.59 Å². The van der Waals surface area contributed by atoms with Crippen molar-refractivity contribution in [2.45, 2.75) is 31.8 Å². The average Bonchev–Trinajstić information content (AvgIpc) is 2.53. The maximum absolute atomic E-state index is 11.9. The van der Waals surface area contributed by atoms with E-state index >= 15 is 0 Å². The smallest absolute Gasteiger partial charge is 0.326 e. The molecule has 0 spiro atoms. The second-order valence-electron chi connectivity index (χ2n) is 5.88. The Balaban J connectivity index is 2.84. The molecule has 7 heteroatoms. The number of likely N-dealkylation sites (N-methyl/N-ethyl adjacent to an activating group) is 1. The summed E-state index contributed by atoms with van der Waals surface area (Å²) >= 11 is 0. The van der Waals surface area contributed by atoms with Crippen LogP contribution in [-0.2, 0) is 20.8 Å². The predicted molar refractivity (Wildman–Crippen MR) is 90.2 cm³/mol. The van der Waals surface area contributed by atoms with Gasteiger partial charge >= 0.3 is 5.97 Å². The van der Waals surface area contributed by atoms with Gasteiger partial charge in [0.05, 0.1) is 6.04 Å². The number of benzene rings is 1. The van der Waals surface area contributed by atoms with E-state index in [1.807, 2.05) is 30.3 Å². The largest absolute Gasteiger partial charge is 0.480 e. The minimum absolute atomic E-state index is 0.111. The van der Waals surface area contributed by atoms with E-state index in [9.17, 15) is 19.5 Å². The molecule has 0 aromatic heterocycles. The van der Waals surface area contributed by atoms with Crippen molar-refractivity contribution in [2.75, 3.05) is 20.6 Å². The van der Waals surface area contributed by atoms with Crippen molar-refractivity contribution in [1.82, 2.24) is 9.80 Å². The Hall–Kier alpha value is -2.41. The van der Waals surface area contributed by atoms with Gasteiger partial charge in [0.1, 0.15) is 6.04 Å². The van der Waals surface area contributed by atoms with Crippen molar-refractivity contribution in [3.8, 4) is 0 Å². The zero-order valence-electron chi connectivity index (χ0n) is 14.3. The van der Waals surface area contributed by atoms with Crippen LogP contribution < -0.4 is 5.73 Å². The van der Waals surface area contributed by atoms with Crippen LogP contribution in [0.3, 0.4) is 0 Å². The van der Waals surface area contributed by atoms with Crippen molar-refractivity contribution < 1.29 is 19.5 Å². The van der Waals surface area contributed by atoms with Crippen LogP contribution in [0.5, 0.6) is 0 Å². The van der Waals surface area contributed by atoms with Gasteiger partial charge < -0.3 is 20.6 Å². The normalized spacial score (nSPS) is 13.0. The van der Waals surface area contributed by atoms with E-state index in [-0.39, 0.29) is 31.2 Å². The van der Waals surface area contributed by atoms with E-state index in [4.69, 9.17) is 5.73 Å². The predicted octanol–water partition coefficient (Wildman–Crippen LogP) is 0.336. The Bertz CT molecular complexity index is 574. The molecule has 0 aliphatic carbocycles. The number of hydrogen-bond acceptors (Lipinski definition) is 4. The minimum atomic E-state index is -1.08. The molecule has 0 fully saturated rings. The molecule has 0 aliphatic rings. The third kappa shape index (κ3) is 5.66. The van der Waals surface area contributed by atoms with Gasteiger partial charge in [0.15, 0.2) is 0 Å². The molecular formula is C17H25N3O4. The highest BCUT2D eigenvalue weighted by atomic mass is 16.4. The quantitative estimate of drug-likeness (QED) is 0.713. The van der Waals surface area contributed by atoms with Gasteiger partial charge in [-0.2, -0.15) is 0 Å². The Kier molecular flexibility index (Phi) is 7.38. The summed E-state index contributed by atoms with van der Waals surface area (Å²) in [6.45, 7) is 1.43. The van der Waals surface area contributed by atoms with Crippen LogP contribution in [0.2, 0.25) is 0 Å². The van der Waals surface area contributed by atoms with E-state index in [1.165, 1.54) is 16.7 Å². The molecule has 0 saturated carbocycles. The lowest BCUT2D eigenvalue weighted by atomic mass is 10.0. The number of carboxylic acid groups (broad SMARTS) is 1. The molecule has 132 valence electrons. The van der Waals surface area contributed by atoms with Crippen LogP contribution >= 0.6 is 0 Å². The highest BCUT2D eigenvalue weighted by Crippen LogP contribution is 2.12. The van der Waals surface area contributed by atoms with Gasteiger partial charge in [0, 0.05) is 34.0 Å². The lowest BCUT2D eigenvalue weighted by Crippen LogP contribution is -2.48. The molecule has 0 heterocycles. The summed E-state index contributed by atoms with van der Waals surface area (Å²) in [5, 5.41) is 9.52. The molecule has 0 saturated heterocycles. The van der Waals surface area contributed by atoms with Gasteiger partial charge in [-0.05, 0) is 12.0 Å². The number of rotatable bonds is 8. The fourth-order valence-electron chi connectivity index (χ4n) is 2.43. The van der Waals surface area contributed by atoms with Gasteiger partial charge in [-0.1, -0.05) is 30.3 Å². The third-order valence-electron chi connectivity index (χ3n) is 3.78. The molecule has 24 heavy (non-hydrogen) atoms. The average molecular weight is 335 g/mol. The Morgan fingerprint density at radius 1 is 1.17 bits per heavy atom. The summed E-state index contributed by atoms with van der Waals surface area (Å²) in [5.74, 6) is -1.70. The van der Waals surface area contributed by atoms with Gasteiger partial charge in [0.25, 0.3) is 0 Å². The molecule has 3 N–H and O–H groups in total. The monoisotopic (exact) mass is 335 g/mol. The van der Waals surface area contributed by atoms with Gasteiger partial charge in [-0.15, -0.1) is 0 Å². The summed E-state index contributed by atoms with van der Waals surface area (Å²) in [5.41, 5.74) is 6.64. The summed E-state index contributed by atoms with van der Waals surface area (Å²) in [6, 6.07) is 7.34. The first-order valence-corrected chi connectivity index (χ1v) is 7.74. The topological polar surface area (TPSA) is 104 Å². The molecule has 1 aromatic carbocycles. The van der Waals surface area contributed by atoms with Crippen LogP contribution in [-0.4, -0.2) is 65.4 Å². The number of hydrogen-bond donors (Lipinski definition) is 2. The lowest BCUT2D eigenvalue weighted by molar-refractivity contribution is -0.149. The summed E-state index contributed by atoms with van der Waals surface area (Å²) in [7, 11) is 3.20. The number of carbonyl (C=O) groups excluding carboxylic acids is 2. The summed E-state index contributed by atoms with van der Waals surface area (Å²) in [6.07, 6.45) is 0.405. The van der Waals surface area contributed by atoms with E-state index < -0.39 is 18.1 Å².